The van der Waals surface area contributed by atoms with E-state index >= 15 is 0 Å². The van der Waals surface area contributed by atoms with Crippen molar-refractivity contribution in [3.05, 3.63) is 60.0 Å². The fraction of sp³-hybridized carbons (Fsp3) is 0.259. The highest BCUT2D eigenvalue weighted by Gasteiger charge is 2.20. The van der Waals surface area contributed by atoms with E-state index in [-0.39, 0.29) is 11.7 Å². The van der Waals surface area contributed by atoms with E-state index in [1.807, 2.05) is 57.2 Å². The van der Waals surface area contributed by atoms with E-state index in [0.29, 0.717) is 54.2 Å². The highest BCUT2D eigenvalue weighted by molar-refractivity contribution is 6.06. The zero-order valence-electron chi connectivity index (χ0n) is 20.5. The molecule has 5 aromatic rings. The number of hydrogen-bond acceptors (Lipinski definition) is 6. The van der Waals surface area contributed by atoms with Crippen LogP contribution in [0.1, 0.15) is 43.2 Å². The van der Waals surface area contributed by atoms with Crippen molar-refractivity contribution >= 4 is 33.8 Å². The van der Waals surface area contributed by atoms with Crippen LogP contribution in [0.15, 0.2) is 48.8 Å². The normalized spacial score (nSPS) is 11.3. The van der Waals surface area contributed by atoms with Gasteiger partial charge in [0.15, 0.2) is 11.5 Å². The molecule has 0 radical (unpaired) electrons. The molecule has 0 spiro atoms. The second-order valence-electron chi connectivity index (χ2n) is 8.57. The number of imidazole rings is 1. The van der Waals surface area contributed by atoms with Gasteiger partial charge in [-0.1, -0.05) is 19.1 Å². The van der Waals surface area contributed by atoms with E-state index in [9.17, 15) is 9.59 Å². The molecule has 4 heterocycles. The number of carbonyl (C=O) groups is 2. The number of hydrogen-bond donors (Lipinski definition) is 2. The molecule has 0 atom stereocenters. The molecule has 0 unspecified atom stereocenters. The Morgan fingerprint density at radius 2 is 1.78 bits per heavy atom. The number of rotatable bonds is 8. The summed E-state index contributed by atoms with van der Waals surface area (Å²) in [4.78, 5) is 43.6. The minimum atomic E-state index is -0.0429. The average Bonchev–Trinajstić information content (AvgIpc) is 3.53. The lowest BCUT2D eigenvalue weighted by Crippen LogP contribution is -2.30. The molecule has 5 rings (SSSR count). The lowest BCUT2D eigenvalue weighted by atomic mass is 10.1. The standard InChI is InChI=1S/C27H27N7O2/c1-4-19(35)13-18-11-10-16(14-28-18)17-12-21-24(32-33-25(21)29-15-17)26-30-22-9-7-8-20(23(22)31-26)27(36)34(5-2)6-3/h7-12,14-15H,4-6,13H2,1-3H3,(H,30,31)(H,29,32,33). The first-order chi connectivity index (χ1) is 17.5. The van der Waals surface area contributed by atoms with Gasteiger partial charge in [0.05, 0.1) is 16.5 Å². The molecule has 0 saturated carbocycles. The van der Waals surface area contributed by atoms with Gasteiger partial charge in [-0.25, -0.2) is 9.97 Å². The third kappa shape index (κ3) is 4.24. The van der Waals surface area contributed by atoms with Crippen molar-refractivity contribution in [3.63, 3.8) is 0 Å². The molecule has 1 amide bonds. The van der Waals surface area contributed by atoms with Crippen LogP contribution >= 0.6 is 0 Å². The van der Waals surface area contributed by atoms with E-state index < -0.39 is 0 Å². The van der Waals surface area contributed by atoms with Crippen LogP contribution < -0.4 is 0 Å². The summed E-state index contributed by atoms with van der Waals surface area (Å²) in [6.07, 6.45) is 4.35. The molecular weight excluding hydrogens is 454 g/mol. The third-order valence-corrected chi connectivity index (χ3v) is 6.37. The van der Waals surface area contributed by atoms with E-state index in [1.165, 1.54) is 0 Å². The van der Waals surface area contributed by atoms with E-state index in [1.54, 1.807) is 17.3 Å². The molecule has 9 nitrogen and oxygen atoms in total. The van der Waals surface area contributed by atoms with Crippen LogP contribution in [-0.2, 0) is 11.2 Å². The van der Waals surface area contributed by atoms with Gasteiger partial charge in [-0.2, -0.15) is 5.10 Å². The molecule has 36 heavy (non-hydrogen) atoms. The van der Waals surface area contributed by atoms with E-state index in [4.69, 9.17) is 4.98 Å². The maximum absolute atomic E-state index is 13.0. The number of amides is 1. The van der Waals surface area contributed by atoms with Crippen molar-refractivity contribution in [2.24, 2.45) is 0 Å². The van der Waals surface area contributed by atoms with Gasteiger partial charge in [0, 0.05) is 55.1 Å². The molecule has 9 heteroatoms. The predicted octanol–water partition coefficient (Wildman–Crippen LogP) is 4.57. The Labute approximate surface area is 208 Å². The molecule has 0 fully saturated rings. The van der Waals surface area contributed by atoms with Crippen LogP contribution in [0.5, 0.6) is 0 Å². The Morgan fingerprint density at radius 1 is 0.972 bits per heavy atom. The van der Waals surface area contributed by atoms with Gasteiger partial charge < -0.3 is 9.88 Å². The summed E-state index contributed by atoms with van der Waals surface area (Å²) in [5.41, 5.74) is 5.73. The van der Waals surface area contributed by atoms with Crippen molar-refractivity contribution in [1.29, 1.82) is 0 Å². The number of carbonyl (C=O) groups excluding carboxylic acids is 2. The number of fused-ring (bicyclic) bond motifs is 2. The van der Waals surface area contributed by atoms with Crippen LogP contribution in [0, 0.1) is 0 Å². The quantitative estimate of drug-likeness (QED) is 0.335. The van der Waals surface area contributed by atoms with Gasteiger partial charge in [0.1, 0.15) is 17.0 Å². The number of nitrogens with one attached hydrogen (secondary N) is 2. The molecule has 0 aliphatic heterocycles. The zero-order chi connectivity index (χ0) is 25.2. The van der Waals surface area contributed by atoms with Crippen molar-refractivity contribution in [3.8, 4) is 22.6 Å². The molecular formula is C27H27N7O2. The van der Waals surface area contributed by atoms with E-state index in [2.05, 4.69) is 25.1 Å². The van der Waals surface area contributed by atoms with Crippen molar-refractivity contribution in [2.75, 3.05) is 13.1 Å². The van der Waals surface area contributed by atoms with E-state index in [0.717, 1.165) is 27.7 Å². The van der Waals surface area contributed by atoms with Gasteiger partial charge in [-0.15, -0.1) is 0 Å². The SMILES string of the molecule is CCC(=O)Cc1ccc(-c2cnc3n[nH]c(-c4nc5c(C(=O)N(CC)CC)cccc5[nH]4)c3c2)cn1. The summed E-state index contributed by atoms with van der Waals surface area (Å²) < 4.78 is 0. The van der Waals surface area contributed by atoms with Crippen LogP contribution in [0.2, 0.25) is 0 Å². The number of Topliss-reactive ketones (excluding diaryl/α,β-unsaturated/α-hetero) is 1. The van der Waals surface area contributed by atoms with Crippen LogP contribution in [0.3, 0.4) is 0 Å². The lowest BCUT2D eigenvalue weighted by molar-refractivity contribution is -0.118. The van der Waals surface area contributed by atoms with Gasteiger partial charge in [0.2, 0.25) is 0 Å². The van der Waals surface area contributed by atoms with Crippen LogP contribution in [-0.4, -0.2) is 59.8 Å². The summed E-state index contributed by atoms with van der Waals surface area (Å²) in [6.45, 7) is 7.05. The second kappa shape index (κ2) is 9.69. The smallest absolute Gasteiger partial charge is 0.256 e. The molecule has 1 aromatic carbocycles. The molecule has 0 bridgehead atoms. The highest BCUT2D eigenvalue weighted by atomic mass is 16.2. The minimum Gasteiger partial charge on any atom is -0.339 e. The lowest BCUT2D eigenvalue weighted by Gasteiger charge is -2.18. The minimum absolute atomic E-state index is 0.0429. The van der Waals surface area contributed by atoms with Gasteiger partial charge in [-0.3, -0.25) is 19.7 Å². The third-order valence-electron chi connectivity index (χ3n) is 6.37. The largest absolute Gasteiger partial charge is 0.339 e. The van der Waals surface area contributed by atoms with Gasteiger partial charge in [0.25, 0.3) is 5.91 Å². The second-order valence-corrected chi connectivity index (χ2v) is 8.57. The monoisotopic (exact) mass is 481 g/mol. The highest BCUT2D eigenvalue weighted by Crippen LogP contribution is 2.30. The fourth-order valence-corrected chi connectivity index (χ4v) is 4.27. The summed E-state index contributed by atoms with van der Waals surface area (Å²) in [6, 6.07) is 11.4. The number of H-pyrrole nitrogens is 2. The number of para-hydroxylation sites is 1. The van der Waals surface area contributed by atoms with Crippen molar-refractivity contribution in [2.45, 2.75) is 33.6 Å². The van der Waals surface area contributed by atoms with Gasteiger partial charge in [-0.05, 0) is 38.1 Å². The maximum Gasteiger partial charge on any atom is 0.256 e. The maximum atomic E-state index is 13.0. The number of nitrogens with zero attached hydrogens (tertiary/aromatic N) is 5. The number of aromatic nitrogens is 6. The number of pyridine rings is 2. The first-order valence-corrected chi connectivity index (χ1v) is 12.1. The summed E-state index contributed by atoms with van der Waals surface area (Å²) in [5.74, 6) is 0.700. The summed E-state index contributed by atoms with van der Waals surface area (Å²) in [5, 5.41) is 8.19. The molecule has 4 aromatic heterocycles. The van der Waals surface area contributed by atoms with Gasteiger partial charge >= 0.3 is 0 Å². The number of ketones is 1. The summed E-state index contributed by atoms with van der Waals surface area (Å²) >= 11 is 0. The molecule has 2 N–H and O–H groups in total. The molecule has 182 valence electrons. The first-order valence-electron chi connectivity index (χ1n) is 12.1. The Morgan fingerprint density at radius 3 is 2.50 bits per heavy atom. The zero-order valence-corrected chi connectivity index (χ0v) is 20.5. The Balaban J connectivity index is 1.52. The molecule has 0 aliphatic carbocycles. The summed E-state index contributed by atoms with van der Waals surface area (Å²) in [7, 11) is 0. The van der Waals surface area contributed by atoms with Crippen LogP contribution in [0.25, 0.3) is 44.7 Å². The van der Waals surface area contributed by atoms with Crippen molar-refractivity contribution in [1.82, 2.24) is 35.0 Å². The Bertz CT molecular complexity index is 1560. The Kier molecular flexibility index (Phi) is 6.28. The Hall–Kier alpha value is -4.40. The topological polar surface area (TPSA) is 121 Å². The average molecular weight is 482 g/mol. The predicted molar refractivity (Wildman–Crippen MR) is 138 cm³/mol. The van der Waals surface area contributed by atoms with Crippen molar-refractivity contribution < 1.29 is 9.59 Å². The van der Waals surface area contributed by atoms with Crippen LogP contribution in [0.4, 0.5) is 0 Å². The fourth-order valence-electron chi connectivity index (χ4n) is 4.27. The molecule has 0 saturated heterocycles. The first kappa shape index (κ1) is 23.3. The number of aromatic amines is 2. The number of benzene rings is 1. The molecule has 0 aliphatic rings.